The van der Waals surface area contributed by atoms with Crippen LogP contribution in [0.2, 0.25) is 5.02 Å². The molecule has 222 valence electrons. The fourth-order valence-electron chi connectivity index (χ4n) is 4.63. The number of carbonyl (C=O) groups excluding carboxylic acids is 1. The topological polar surface area (TPSA) is 136 Å². The predicted molar refractivity (Wildman–Crippen MR) is 145 cm³/mol. The fraction of sp³-hybridized carbons (Fsp3) is 0.385. The quantitative estimate of drug-likeness (QED) is 0.327. The first-order valence-corrected chi connectivity index (χ1v) is 13.3. The monoisotopic (exact) mass is 605 g/mol. The van der Waals surface area contributed by atoms with Crippen molar-refractivity contribution in [2.24, 2.45) is 0 Å². The first-order chi connectivity index (χ1) is 19.8. The molecule has 1 amide bonds. The van der Waals surface area contributed by atoms with Crippen molar-refractivity contribution in [1.29, 1.82) is 0 Å². The van der Waals surface area contributed by atoms with Crippen LogP contribution in [0, 0.1) is 0 Å². The van der Waals surface area contributed by atoms with E-state index in [2.05, 4.69) is 25.5 Å². The molecule has 1 saturated heterocycles. The minimum Gasteiger partial charge on any atom is -0.382 e. The number of hydrogen-bond acceptors (Lipinski definition) is 8. The summed E-state index contributed by atoms with van der Waals surface area (Å²) in [6, 6.07) is 9.30. The van der Waals surface area contributed by atoms with Crippen LogP contribution in [0.3, 0.4) is 0 Å². The van der Waals surface area contributed by atoms with E-state index in [0.717, 1.165) is 9.25 Å². The molecule has 0 aliphatic carbocycles. The van der Waals surface area contributed by atoms with Gasteiger partial charge in [0.15, 0.2) is 23.4 Å². The number of piperazine rings is 1. The number of halogens is 4. The van der Waals surface area contributed by atoms with Crippen molar-refractivity contribution in [3.63, 3.8) is 0 Å². The number of aromatic nitrogens is 7. The zero-order valence-electron chi connectivity index (χ0n) is 22.6. The average molecular weight is 606 g/mol. The van der Waals surface area contributed by atoms with Crippen LogP contribution in [0.15, 0.2) is 53.7 Å². The maximum Gasteiger partial charge on any atom is 0.416 e. The third-order valence-corrected chi connectivity index (χ3v) is 6.94. The highest BCUT2D eigenvalue weighted by atomic mass is 35.5. The number of carbonyl (C=O) groups is 1. The zero-order valence-corrected chi connectivity index (χ0v) is 23.3. The highest BCUT2D eigenvalue weighted by molar-refractivity contribution is 6.30. The molecular formula is C26H27ClF3N9O3. The van der Waals surface area contributed by atoms with E-state index < -0.39 is 24.5 Å². The molecule has 1 aliphatic heterocycles. The SMILES string of the molecule is CC1(C)CN(C(=O)c2ncccc2-n2cnc(Cn3nc(-c4ccc(Cl)cc4)n(C[C@@H](O)C(F)(F)F)c3=O)n2)CCN1. The van der Waals surface area contributed by atoms with Crippen molar-refractivity contribution in [3.05, 3.63) is 75.9 Å². The van der Waals surface area contributed by atoms with Crippen molar-refractivity contribution in [2.45, 2.75) is 44.8 Å². The lowest BCUT2D eigenvalue weighted by Gasteiger charge is -2.39. The van der Waals surface area contributed by atoms with Gasteiger partial charge in [-0.15, -0.1) is 10.2 Å². The van der Waals surface area contributed by atoms with Gasteiger partial charge in [-0.05, 0) is 50.2 Å². The van der Waals surface area contributed by atoms with Crippen molar-refractivity contribution < 1.29 is 23.1 Å². The second-order valence-corrected chi connectivity index (χ2v) is 10.9. The average Bonchev–Trinajstić information content (AvgIpc) is 3.52. The van der Waals surface area contributed by atoms with E-state index in [1.165, 1.54) is 41.5 Å². The van der Waals surface area contributed by atoms with Crippen LogP contribution < -0.4 is 11.0 Å². The van der Waals surface area contributed by atoms with Gasteiger partial charge in [-0.2, -0.15) is 13.2 Å². The molecule has 1 aromatic carbocycles. The number of rotatable bonds is 7. The Labute approximate surface area is 242 Å². The number of nitrogens with zero attached hydrogens (tertiary/aromatic N) is 8. The summed E-state index contributed by atoms with van der Waals surface area (Å²) in [6.07, 6.45) is -4.89. The molecule has 0 bridgehead atoms. The summed E-state index contributed by atoms with van der Waals surface area (Å²) in [6.45, 7) is 4.26. The molecule has 1 atom stereocenters. The van der Waals surface area contributed by atoms with Crippen molar-refractivity contribution in [2.75, 3.05) is 19.6 Å². The number of aliphatic hydroxyl groups is 1. The van der Waals surface area contributed by atoms with Crippen molar-refractivity contribution in [3.8, 4) is 17.1 Å². The maximum absolute atomic E-state index is 13.4. The Kier molecular flexibility index (Phi) is 7.92. The van der Waals surface area contributed by atoms with Crippen LogP contribution in [-0.2, 0) is 13.1 Å². The number of hydrogen-bond donors (Lipinski definition) is 2. The molecule has 4 aromatic rings. The van der Waals surface area contributed by atoms with Gasteiger partial charge >= 0.3 is 11.9 Å². The number of benzene rings is 1. The second kappa shape index (κ2) is 11.3. The third kappa shape index (κ3) is 6.22. The lowest BCUT2D eigenvalue weighted by molar-refractivity contribution is -0.207. The number of alkyl halides is 3. The van der Waals surface area contributed by atoms with Crippen LogP contribution in [0.1, 0.15) is 30.2 Å². The Morgan fingerprint density at radius 2 is 1.90 bits per heavy atom. The summed E-state index contributed by atoms with van der Waals surface area (Å²) in [7, 11) is 0. The molecule has 4 heterocycles. The first-order valence-electron chi connectivity index (χ1n) is 12.9. The number of pyridine rings is 1. The molecule has 1 aliphatic rings. The van der Waals surface area contributed by atoms with E-state index in [9.17, 15) is 27.9 Å². The Bertz CT molecular complexity index is 1650. The minimum absolute atomic E-state index is 0.0986. The van der Waals surface area contributed by atoms with E-state index in [-0.39, 0.29) is 35.3 Å². The standard InChI is InChI=1S/C26H27ClF3N9O3/c1-25(2)14-36(11-10-33-25)23(41)21-18(4-3-9-31-21)39-15-32-20(34-39)13-38-24(42)37(12-19(40)26(28,29)30)22(35-38)16-5-7-17(27)8-6-16/h3-9,15,19,33,40H,10-14H2,1-2H3/t19-/m1/s1. The van der Waals surface area contributed by atoms with Crippen LogP contribution in [0.4, 0.5) is 13.2 Å². The number of nitrogens with one attached hydrogen (secondary N) is 1. The molecule has 0 spiro atoms. The Morgan fingerprint density at radius 1 is 1.17 bits per heavy atom. The summed E-state index contributed by atoms with van der Waals surface area (Å²) in [5.41, 5.74) is -0.318. The van der Waals surface area contributed by atoms with E-state index in [1.807, 2.05) is 13.8 Å². The lowest BCUT2D eigenvalue weighted by atomic mass is 10.0. The van der Waals surface area contributed by atoms with E-state index >= 15 is 0 Å². The van der Waals surface area contributed by atoms with Gasteiger partial charge in [0.05, 0.1) is 12.2 Å². The minimum atomic E-state index is -4.95. The Morgan fingerprint density at radius 3 is 2.60 bits per heavy atom. The van der Waals surface area contributed by atoms with Gasteiger partial charge in [0.25, 0.3) is 5.91 Å². The highest BCUT2D eigenvalue weighted by Gasteiger charge is 2.39. The zero-order chi connectivity index (χ0) is 30.2. The molecule has 5 rings (SSSR count). The van der Waals surface area contributed by atoms with E-state index in [0.29, 0.717) is 35.9 Å². The Hall–Kier alpha value is -4.08. The summed E-state index contributed by atoms with van der Waals surface area (Å²) in [5, 5.41) is 22.0. The van der Waals surface area contributed by atoms with Gasteiger partial charge in [-0.3, -0.25) is 9.36 Å². The van der Waals surface area contributed by atoms with Crippen LogP contribution in [-0.4, -0.2) is 87.5 Å². The van der Waals surface area contributed by atoms with Gasteiger partial charge in [0.2, 0.25) is 0 Å². The third-order valence-electron chi connectivity index (χ3n) is 6.68. The van der Waals surface area contributed by atoms with Gasteiger partial charge < -0.3 is 15.3 Å². The van der Waals surface area contributed by atoms with Gasteiger partial charge in [0.1, 0.15) is 12.9 Å². The molecule has 16 heteroatoms. The van der Waals surface area contributed by atoms with Gasteiger partial charge in [0, 0.05) is 42.0 Å². The fourth-order valence-corrected chi connectivity index (χ4v) is 4.75. The molecule has 3 aromatic heterocycles. The number of aliphatic hydroxyl groups excluding tert-OH is 1. The Balaban J connectivity index is 1.45. The summed E-state index contributed by atoms with van der Waals surface area (Å²) < 4.78 is 42.4. The number of amides is 1. The molecule has 0 saturated carbocycles. The lowest BCUT2D eigenvalue weighted by Crippen LogP contribution is -2.58. The highest BCUT2D eigenvalue weighted by Crippen LogP contribution is 2.24. The molecule has 12 nitrogen and oxygen atoms in total. The molecular weight excluding hydrogens is 579 g/mol. The van der Waals surface area contributed by atoms with Crippen LogP contribution in [0.25, 0.3) is 17.1 Å². The maximum atomic E-state index is 13.4. The van der Waals surface area contributed by atoms with E-state index in [1.54, 1.807) is 17.0 Å². The molecule has 0 radical (unpaired) electrons. The molecule has 1 fully saturated rings. The van der Waals surface area contributed by atoms with Gasteiger partial charge in [-0.1, -0.05) is 11.6 Å². The smallest absolute Gasteiger partial charge is 0.382 e. The van der Waals surface area contributed by atoms with Crippen LogP contribution in [0.5, 0.6) is 0 Å². The van der Waals surface area contributed by atoms with Crippen molar-refractivity contribution >= 4 is 17.5 Å². The summed E-state index contributed by atoms with van der Waals surface area (Å²) in [4.78, 5) is 36.8. The predicted octanol–water partition coefficient (Wildman–Crippen LogP) is 2.14. The molecule has 42 heavy (non-hydrogen) atoms. The van der Waals surface area contributed by atoms with Gasteiger partial charge in [-0.25, -0.2) is 24.1 Å². The normalized spacial score (nSPS) is 16.0. The van der Waals surface area contributed by atoms with Crippen molar-refractivity contribution in [1.82, 2.24) is 44.3 Å². The van der Waals surface area contributed by atoms with E-state index in [4.69, 9.17) is 11.6 Å². The molecule has 2 N–H and O–H groups in total. The summed E-state index contributed by atoms with van der Waals surface area (Å²) in [5.74, 6) is -0.271. The largest absolute Gasteiger partial charge is 0.416 e. The van der Waals surface area contributed by atoms with Crippen LogP contribution >= 0.6 is 11.6 Å². The second-order valence-electron chi connectivity index (χ2n) is 10.5. The summed E-state index contributed by atoms with van der Waals surface area (Å²) >= 11 is 5.93. The molecule has 0 unspecified atom stereocenters. The first kappa shape index (κ1) is 29.4.